The summed E-state index contributed by atoms with van der Waals surface area (Å²) < 4.78 is 15.7. The van der Waals surface area contributed by atoms with Crippen LogP contribution >= 0.6 is 0 Å². The largest absolute Gasteiger partial charge is 0.493 e. The molecule has 1 amide bonds. The molecule has 132 valence electrons. The molecular weight excluding hydrogens is 316 g/mol. The van der Waals surface area contributed by atoms with E-state index in [2.05, 4.69) is 0 Å². The summed E-state index contributed by atoms with van der Waals surface area (Å²) in [5.74, 6) is 0.661. The summed E-state index contributed by atoms with van der Waals surface area (Å²) in [6.07, 6.45) is 1.42. The highest BCUT2D eigenvalue weighted by Gasteiger charge is 2.28. The number of carbonyl (C=O) groups excluding carboxylic acids is 1. The lowest BCUT2D eigenvalue weighted by molar-refractivity contribution is -0.386. The van der Waals surface area contributed by atoms with Gasteiger partial charge in [-0.3, -0.25) is 10.1 Å². The van der Waals surface area contributed by atoms with Gasteiger partial charge in [0.15, 0.2) is 11.5 Å². The van der Waals surface area contributed by atoms with Gasteiger partial charge in [0.2, 0.25) is 0 Å². The molecule has 1 aromatic rings. The number of hydrogen-bond acceptors (Lipinski definition) is 6. The number of ether oxygens (including phenoxy) is 3. The fourth-order valence-electron chi connectivity index (χ4n) is 2.96. The van der Waals surface area contributed by atoms with Crippen molar-refractivity contribution in [2.24, 2.45) is 0 Å². The van der Waals surface area contributed by atoms with Gasteiger partial charge in [-0.1, -0.05) is 0 Å². The average molecular weight is 338 g/mol. The van der Waals surface area contributed by atoms with Crippen LogP contribution in [0.5, 0.6) is 11.5 Å². The van der Waals surface area contributed by atoms with Crippen LogP contribution in [0, 0.1) is 17.0 Å². The van der Waals surface area contributed by atoms with Crippen LogP contribution < -0.4 is 9.47 Å². The van der Waals surface area contributed by atoms with E-state index in [-0.39, 0.29) is 24.1 Å². The van der Waals surface area contributed by atoms with Crippen molar-refractivity contribution >= 4 is 11.8 Å². The number of rotatable bonds is 5. The van der Waals surface area contributed by atoms with Crippen molar-refractivity contribution in [2.45, 2.75) is 39.3 Å². The van der Waals surface area contributed by atoms with Crippen molar-refractivity contribution in [1.29, 1.82) is 0 Å². The summed E-state index contributed by atoms with van der Waals surface area (Å²) in [5, 5.41) is 11.4. The van der Waals surface area contributed by atoms with E-state index in [1.165, 1.54) is 20.3 Å². The number of amides is 1. The normalized spacial score (nSPS) is 16.8. The van der Waals surface area contributed by atoms with Crippen LogP contribution in [0.3, 0.4) is 0 Å². The molecule has 0 radical (unpaired) electrons. The third-order valence-electron chi connectivity index (χ3n) is 4.34. The smallest absolute Gasteiger partial charge is 0.410 e. The van der Waals surface area contributed by atoms with Crippen molar-refractivity contribution in [2.75, 3.05) is 20.8 Å². The van der Waals surface area contributed by atoms with E-state index in [1.807, 2.05) is 6.92 Å². The predicted octanol–water partition coefficient (Wildman–Crippen LogP) is 3.04. The molecule has 1 heterocycles. The Labute approximate surface area is 140 Å². The van der Waals surface area contributed by atoms with E-state index < -0.39 is 11.0 Å². The minimum Gasteiger partial charge on any atom is -0.493 e. The van der Waals surface area contributed by atoms with Crippen LogP contribution in [0.25, 0.3) is 0 Å². The first-order valence-electron chi connectivity index (χ1n) is 7.72. The molecule has 0 aromatic heterocycles. The van der Waals surface area contributed by atoms with Crippen molar-refractivity contribution < 1.29 is 23.9 Å². The zero-order valence-corrected chi connectivity index (χ0v) is 14.3. The van der Waals surface area contributed by atoms with E-state index in [1.54, 1.807) is 11.8 Å². The molecule has 24 heavy (non-hydrogen) atoms. The highest BCUT2D eigenvalue weighted by molar-refractivity contribution is 5.69. The Morgan fingerprint density at radius 2 is 2.12 bits per heavy atom. The second-order valence-electron chi connectivity index (χ2n) is 5.73. The molecule has 1 aliphatic rings. The summed E-state index contributed by atoms with van der Waals surface area (Å²) in [6.45, 7) is 4.09. The number of carbonyl (C=O) groups is 1. The van der Waals surface area contributed by atoms with Crippen LogP contribution in [0.2, 0.25) is 0 Å². The highest BCUT2D eigenvalue weighted by atomic mass is 16.6. The van der Waals surface area contributed by atoms with Gasteiger partial charge in [0, 0.05) is 18.2 Å². The summed E-state index contributed by atoms with van der Waals surface area (Å²) in [7, 11) is 2.87. The molecular formula is C16H22N2O6. The van der Waals surface area contributed by atoms with Gasteiger partial charge in [-0.25, -0.2) is 4.79 Å². The van der Waals surface area contributed by atoms with Gasteiger partial charge in [-0.2, -0.15) is 0 Å². The summed E-state index contributed by atoms with van der Waals surface area (Å²) in [4.78, 5) is 24.7. The monoisotopic (exact) mass is 338 g/mol. The van der Waals surface area contributed by atoms with Crippen molar-refractivity contribution in [3.8, 4) is 11.5 Å². The van der Waals surface area contributed by atoms with Crippen LogP contribution in [-0.4, -0.2) is 42.7 Å². The van der Waals surface area contributed by atoms with Gasteiger partial charge in [-0.05, 0) is 26.7 Å². The zero-order chi connectivity index (χ0) is 17.9. The van der Waals surface area contributed by atoms with Crippen molar-refractivity contribution in [3.05, 3.63) is 27.3 Å². The molecule has 1 atom stereocenters. The van der Waals surface area contributed by atoms with E-state index in [0.717, 1.165) is 12.8 Å². The van der Waals surface area contributed by atoms with E-state index in [4.69, 9.17) is 14.2 Å². The molecule has 1 fully saturated rings. The Morgan fingerprint density at radius 1 is 1.42 bits per heavy atom. The maximum Gasteiger partial charge on any atom is 0.410 e. The Balaban J connectivity index is 2.28. The van der Waals surface area contributed by atoms with Gasteiger partial charge in [-0.15, -0.1) is 0 Å². The fourth-order valence-corrected chi connectivity index (χ4v) is 2.96. The molecule has 2 rings (SSSR count). The molecule has 8 heteroatoms. The molecule has 1 saturated heterocycles. The van der Waals surface area contributed by atoms with E-state index >= 15 is 0 Å². The Bertz CT molecular complexity index is 646. The number of nitro benzene ring substituents is 1. The third-order valence-corrected chi connectivity index (χ3v) is 4.34. The van der Waals surface area contributed by atoms with Crippen LogP contribution in [0.1, 0.15) is 30.9 Å². The fraction of sp³-hybridized carbons (Fsp3) is 0.562. The second kappa shape index (κ2) is 7.37. The number of hydrogen-bond donors (Lipinski definition) is 0. The van der Waals surface area contributed by atoms with Crippen molar-refractivity contribution in [1.82, 2.24) is 4.90 Å². The molecule has 0 aliphatic carbocycles. The number of nitrogens with zero attached hydrogens (tertiary/aromatic N) is 2. The predicted molar refractivity (Wildman–Crippen MR) is 86.5 cm³/mol. The molecule has 1 aromatic carbocycles. The first kappa shape index (κ1) is 17.8. The van der Waals surface area contributed by atoms with Gasteiger partial charge in [0.25, 0.3) is 5.69 Å². The SMILES string of the molecule is COc1cc([N+](=O)[O-])c(COC(=O)N2CCCC2C)c(C)c1OC. The molecule has 0 N–H and O–H groups in total. The lowest BCUT2D eigenvalue weighted by Gasteiger charge is -2.21. The average Bonchev–Trinajstić information content (AvgIpc) is 2.98. The minimum atomic E-state index is -0.517. The summed E-state index contributed by atoms with van der Waals surface area (Å²) in [6, 6.07) is 1.41. The Morgan fingerprint density at radius 3 is 2.62 bits per heavy atom. The third kappa shape index (κ3) is 3.37. The van der Waals surface area contributed by atoms with E-state index in [0.29, 0.717) is 23.4 Å². The van der Waals surface area contributed by atoms with Crippen LogP contribution in [-0.2, 0) is 11.3 Å². The molecule has 1 aliphatic heterocycles. The standard InChI is InChI=1S/C16H22N2O6/c1-10-6-5-7-17(10)16(19)24-9-12-11(2)15(23-4)14(22-3)8-13(12)18(20)21/h8,10H,5-7,9H2,1-4H3. The minimum absolute atomic E-state index is 0.124. The van der Waals surface area contributed by atoms with Crippen LogP contribution in [0.4, 0.5) is 10.5 Å². The number of benzene rings is 1. The summed E-state index contributed by atoms with van der Waals surface area (Å²) in [5.41, 5.74) is 0.663. The molecule has 1 unspecified atom stereocenters. The Hall–Kier alpha value is -2.51. The number of nitro groups is 1. The molecule has 0 saturated carbocycles. The maximum absolute atomic E-state index is 12.2. The van der Waals surface area contributed by atoms with Crippen LogP contribution in [0.15, 0.2) is 6.07 Å². The number of likely N-dealkylation sites (tertiary alicyclic amines) is 1. The first-order valence-corrected chi connectivity index (χ1v) is 7.72. The van der Waals surface area contributed by atoms with Gasteiger partial charge in [0.1, 0.15) is 6.61 Å². The summed E-state index contributed by atoms with van der Waals surface area (Å²) >= 11 is 0. The van der Waals surface area contributed by atoms with Gasteiger partial charge in [0.05, 0.1) is 30.8 Å². The van der Waals surface area contributed by atoms with Crippen molar-refractivity contribution in [3.63, 3.8) is 0 Å². The second-order valence-corrected chi connectivity index (χ2v) is 5.73. The van der Waals surface area contributed by atoms with Gasteiger partial charge < -0.3 is 19.1 Å². The highest BCUT2D eigenvalue weighted by Crippen LogP contribution is 2.39. The quantitative estimate of drug-likeness (QED) is 0.605. The lowest BCUT2D eigenvalue weighted by Crippen LogP contribution is -2.34. The first-order chi connectivity index (χ1) is 11.4. The molecule has 0 spiro atoms. The Kier molecular flexibility index (Phi) is 5.48. The molecule has 8 nitrogen and oxygen atoms in total. The zero-order valence-electron chi connectivity index (χ0n) is 14.3. The topological polar surface area (TPSA) is 91.1 Å². The lowest BCUT2D eigenvalue weighted by atomic mass is 10.1. The van der Waals surface area contributed by atoms with Gasteiger partial charge >= 0.3 is 6.09 Å². The maximum atomic E-state index is 12.2. The van der Waals surface area contributed by atoms with E-state index in [9.17, 15) is 14.9 Å². The molecule has 0 bridgehead atoms. The number of methoxy groups -OCH3 is 2.